The van der Waals surface area contributed by atoms with Gasteiger partial charge in [-0.25, -0.2) is 0 Å². The third-order valence-electron chi connectivity index (χ3n) is 2.03. The minimum Gasteiger partial charge on any atom is -0.490 e. The number of hydrogen-bond donors (Lipinski definition) is 2. The van der Waals surface area contributed by atoms with E-state index in [1.54, 1.807) is 0 Å². The second kappa shape index (κ2) is 8.96. The SMILES string of the molecule is CCCOc1ccc(NN)cc1OCCC.Cl. The van der Waals surface area contributed by atoms with E-state index in [-0.39, 0.29) is 12.4 Å². The topological polar surface area (TPSA) is 56.5 Å². The van der Waals surface area contributed by atoms with E-state index in [2.05, 4.69) is 19.3 Å². The summed E-state index contributed by atoms with van der Waals surface area (Å²) in [4.78, 5) is 0. The molecule has 0 spiro atoms. The van der Waals surface area contributed by atoms with Gasteiger partial charge in [0.25, 0.3) is 0 Å². The maximum Gasteiger partial charge on any atom is 0.163 e. The quantitative estimate of drug-likeness (QED) is 0.585. The Morgan fingerprint density at radius 3 is 2.18 bits per heavy atom. The molecule has 0 heterocycles. The van der Waals surface area contributed by atoms with E-state index in [1.165, 1.54) is 0 Å². The number of nitrogens with two attached hydrogens (primary N) is 1. The zero-order valence-electron chi connectivity index (χ0n) is 10.4. The molecular formula is C12H21ClN2O2. The summed E-state index contributed by atoms with van der Waals surface area (Å²) in [6.07, 6.45) is 1.94. The summed E-state index contributed by atoms with van der Waals surface area (Å²) in [5, 5.41) is 0. The first-order valence-corrected chi connectivity index (χ1v) is 5.68. The molecule has 0 aromatic heterocycles. The van der Waals surface area contributed by atoms with Crippen molar-refractivity contribution in [1.82, 2.24) is 0 Å². The Kier molecular flexibility index (Phi) is 8.36. The Bertz CT molecular complexity index is 321. The second-order valence-electron chi connectivity index (χ2n) is 3.50. The predicted octanol–water partition coefficient (Wildman–Crippen LogP) is 2.97. The second-order valence-corrected chi connectivity index (χ2v) is 3.50. The van der Waals surface area contributed by atoms with Gasteiger partial charge < -0.3 is 14.9 Å². The molecule has 1 rings (SSSR count). The van der Waals surface area contributed by atoms with E-state index in [0.717, 1.165) is 30.0 Å². The van der Waals surface area contributed by atoms with Crippen LogP contribution >= 0.6 is 12.4 Å². The molecule has 0 fully saturated rings. The van der Waals surface area contributed by atoms with Crippen molar-refractivity contribution in [2.24, 2.45) is 5.84 Å². The van der Waals surface area contributed by atoms with Crippen LogP contribution in [0.2, 0.25) is 0 Å². The van der Waals surface area contributed by atoms with Gasteiger partial charge in [-0.3, -0.25) is 5.84 Å². The lowest BCUT2D eigenvalue weighted by atomic mass is 10.3. The van der Waals surface area contributed by atoms with Crippen molar-refractivity contribution in [3.8, 4) is 11.5 Å². The highest BCUT2D eigenvalue weighted by Gasteiger charge is 2.05. The number of hydrazine groups is 1. The Labute approximate surface area is 109 Å². The molecule has 0 atom stereocenters. The lowest BCUT2D eigenvalue weighted by Gasteiger charge is -2.13. The average Bonchev–Trinajstić information content (AvgIpc) is 2.34. The first kappa shape index (κ1) is 15.9. The van der Waals surface area contributed by atoms with Gasteiger partial charge in [-0.2, -0.15) is 0 Å². The molecule has 0 unspecified atom stereocenters. The molecule has 0 saturated heterocycles. The number of anilines is 1. The zero-order chi connectivity index (χ0) is 11.8. The molecule has 0 bridgehead atoms. The molecule has 5 heteroatoms. The molecule has 4 nitrogen and oxygen atoms in total. The van der Waals surface area contributed by atoms with E-state index >= 15 is 0 Å². The number of hydrogen-bond acceptors (Lipinski definition) is 4. The van der Waals surface area contributed by atoms with Gasteiger partial charge in [0.15, 0.2) is 11.5 Å². The molecule has 0 amide bonds. The van der Waals surface area contributed by atoms with Crippen molar-refractivity contribution >= 4 is 18.1 Å². The molecule has 1 aromatic rings. The lowest BCUT2D eigenvalue weighted by molar-refractivity contribution is 0.268. The lowest BCUT2D eigenvalue weighted by Crippen LogP contribution is -2.07. The van der Waals surface area contributed by atoms with Gasteiger partial charge >= 0.3 is 0 Å². The van der Waals surface area contributed by atoms with Crippen molar-refractivity contribution in [2.45, 2.75) is 26.7 Å². The van der Waals surface area contributed by atoms with Crippen molar-refractivity contribution in [2.75, 3.05) is 18.6 Å². The van der Waals surface area contributed by atoms with Crippen molar-refractivity contribution in [1.29, 1.82) is 0 Å². The molecule has 1 aromatic carbocycles. The van der Waals surface area contributed by atoms with Crippen LogP contribution < -0.4 is 20.7 Å². The number of nitrogen functional groups attached to an aromatic ring is 1. The Balaban J connectivity index is 0.00000256. The fourth-order valence-corrected chi connectivity index (χ4v) is 1.25. The third kappa shape index (κ3) is 5.15. The van der Waals surface area contributed by atoms with Crippen molar-refractivity contribution in [3.63, 3.8) is 0 Å². The van der Waals surface area contributed by atoms with Crippen LogP contribution in [-0.2, 0) is 0 Å². The van der Waals surface area contributed by atoms with E-state index in [9.17, 15) is 0 Å². The van der Waals surface area contributed by atoms with Crippen molar-refractivity contribution < 1.29 is 9.47 Å². The molecule has 3 N–H and O–H groups in total. The van der Waals surface area contributed by atoms with Crippen LogP contribution in [0.15, 0.2) is 18.2 Å². The van der Waals surface area contributed by atoms with E-state index < -0.39 is 0 Å². The van der Waals surface area contributed by atoms with Crippen LogP contribution in [-0.4, -0.2) is 13.2 Å². The highest BCUT2D eigenvalue weighted by Crippen LogP contribution is 2.30. The van der Waals surface area contributed by atoms with Gasteiger partial charge in [0.1, 0.15) is 0 Å². The highest BCUT2D eigenvalue weighted by atomic mass is 35.5. The van der Waals surface area contributed by atoms with Crippen LogP contribution in [0.5, 0.6) is 11.5 Å². The number of benzene rings is 1. The van der Waals surface area contributed by atoms with Crippen LogP contribution in [0.4, 0.5) is 5.69 Å². The molecule has 0 radical (unpaired) electrons. The van der Waals surface area contributed by atoms with Crippen molar-refractivity contribution in [3.05, 3.63) is 18.2 Å². The summed E-state index contributed by atoms with van der Waals surface area (Å²) >= 11 is 0. The number of nitrogens with one attached hydrogen (secondary N) is 1. The largest absolute Gasteiger partial charge is 0.490 e. The van der Waals surface area contributed by atoms with Crippen LogP contribution in [0.3, 0.4) is 0 Å². The minimum absolute atomic E-state index is 0. The van der Waals surface area contributed by atoms with Gasteiger partial charge in [0, 0.05) is 6.07 Å². The first-order valence-electron chi connectivity index (χ1n) is 5.68. The minimum atomic E-state index is 0. The van der Waals surface area contributed by atoms with Gasteiger partial charge in [0.05, 0.1) is 18.9 Å². The summed E-state index contributed by atoms with van der Waals surface area (Å²) in [6, 6.07) is 5.58. The van der Waals surface area contributed by atoms with Gasteiger partial charge in [0.2, 0.25) is 0 Å². The third-order valence-corrected chi connectivity index (χ3v) is 2.03. The molecule has 0 aliphatic rings. The molecule has 98 valence electrons. The molecule has 17 heavy (non-hydrogen) atoms. The summed E-state index contributed by atoms with van der Waals surface area (Å²) in [7, 11) is 0. The maximum absolute atomic E-state index is 5.61. The first-order chi connectivity index (χ1) is 7.81. The highest BCUT2D eigenvalue weighted by molar-refractivity contribution is 5.85. The average molecular weight is 261 g/mol. The molecular weight excluding hydrogens is 240 g/mol. The zero-order valence-corrected chi connectivity index (χ0v) is 11.2. The monoisotopic (exact) mass is 260 g/mol. The van der Waals surface area contributed by atoms with Crippen LogP contribution in [0, 0.1) is 0 Å². The van der Waals surface area contributed by atoms with E-state index in [1.807, 2.05) is 18.2 Å². The molecule has 0 aliphatic heterocycles. The summed E-state index contributed by atoms with van der Waals surface area (Å²) in [5.74, 6) is 6.87. The van der Waals surface area contributed by atoms with Gasteiger partial charge in [-0.05, 0) is 25.0 Å². The number of halogens is 1. The summed E-state index contributed by atoms with van der Waals surface area (Å²) in [6.45, 7) is 5.51. The Hall–Kier alpha value is -1.13. The number of ether oxygens (including phenoxy) is 2. The van der Waals surface area contributed by atoms with Gasteiger partial charge in [-0.15, -0.1) is 12.4 Å². The van der Waals surface area contributed by atoms with Crippen LogP contribution in [0.25, 0.3) is 0 Å². The standard InChI is InChI=1S/C12H20N2O2.ClH/c1-3-7-15-11-6-5-10(14-13)9-12(11)16-8-4-2;/h5-6,9,14H,3-4,7-8,13H2,1-2H3;1H. The van der Waals surface area contributed by atoms with Crippen LogP contribution in [0.1, 0.15) is 26.7 Å². The van der Waals surface area contributed by atoms with Gasteiger partial charge in [-0.1, -0.05) is 13.8 Å². The normalized spacial score (nSPS) is 9.35. The molecule has 0 aliphatic carbocycles. The smallest absolute Gasteiger partial charge is 0.163 e. The summed E-state index contributed by atoms with van der Waals surface area (Å²) in [5.41, 5.74) is 3.41. The Morgan fingerprint density at radius 2 is 1.65 bits per heavy atom. The maximum atomic E-state index is 5.61. The fourth-order valence-electron chi connectivity index (χ4n) is 1.25. The van der Waals surface area contributed by atoms with E-state index in [4.69, 9.17) is 15.3 Å². The van der Waals surface area contributed by atoms with E-state index in [0.29, 0.717) is 13.2 Å². The fraction of sp³-hybridized carbons (Fsp3) is 0.500. The Morgan fingerprint density at radius 1 is 1.06 bits per heavy atom. The predicted molar refractivity (Wildman–Crippen MR) is 73.1 cm³/mol. The summed E-state index contributed by atoms with van der Waals surface area (Å²) < 4.78 is 11.2. The number of rotatable bonds is 7. The molecule has 0 saturated carbocycles.